The summed E-state index contributed by atoms with van der Waals surface area (Å²) in [6.07, 6.45) is 2.59. The minimum absolute atomic E-state index is 0.0688. The van der Waals surface area contributed by atoms with E-state index in [0.717, 1.165) is 12.8 Å². The van der Waals surface area contributed by atoms with Crippen LogP contribution in [0.2, 0.25) is 0 Å². The lowest BCUT2D eigenvalue weighted by molar-refractivity contribution is -0.156. The van der Waals surface area contributed by atoms with Crippen LogP contribution < -0.4 is 0 Å². The van der Waals surface area contributed by atoms with Gasteiger partial charge >= 0.3 is 5.97 Å². The van der Waals surface area contributed by atoms with Gasteiger partial charge in [-0.2, -0.15) is 0 Å². The summed E-state index contributed by atoms with van der Waals surface area (Å²) in [5.74, 6) is -1.74. The van der Waals surface area contributed by atoms with Crippen molar-refractivity contribution < 1.29 is 24.5 Å². The Kier molecular flexibility index (Phi) is 7.19. The first-order valence-corrected chi connectivity index (χ1v) is 8.86. The lowest BCUT2D eigenvalue weighted by Crippen LogP contribution is -2.32. The van der Waals surface area contributed by atoms with Crippen molar-refractivity contribution in [2.75, 3.05) is 0 Å². The first-order valence-electron chi connectivity index (χ1n) is 8.86. The molecule has 3 atom stereocenters. The number of carbonyl (C=O) groups is 2. The Hall–Kier alpha value is -2.14. The van der Waals surface area contributed by atoms with Crippen molar-refractivity contribution in [1.82, 2.24) is 0 Å². The van der Waals surface area contributed by atoms with Crippen LogP contribution in [0.4, 0.5) is 0 Å². The summed E-state index contributed by atoms with van der Waals surface area (Å²) < 4.78 is 5.19. The third kappa shape index (κ3) is 5.43. The number of benzene rings is 1. The second-order valence-electron chi connectivity index (χ2n) is 6.43. The number of esters is 1. The first-order chi connectivity index (χ1) is 12.0. The third-order valence-corrected chi connectivity index (χ3v) is 4.39. The van der Waals surface area contributed by atoms with E-state index < -0.39 is 24.1 Å². The molecule has 1 saturated carbocycles. The Morgan fingerprint density at radius 2 is 2.04 bits per heavy atom. The van der Waals surface area contributed by atoms with E-state index in [9.17, 15) is 19.8 Å². The molecule has 0 radical (unpaired) electrons. The number of ketones is 1. The summed E-state index contributed by atoms with van der Waals surface area (Å²) in [4.78, 5) is 23.7. The summed E-state index contributed by atoms with van der Waals surface area (Å²) >= 11 is 0. The number of aryl methyl sites for hydroxylation is 1. The molecule has 2 rings (SSSR count). The van der Waals surface area contributed by atoms with Gasteiger partial charge in [-0.05, 0) is 37.3 Å². The van der Waals surface area contributed by atoms with Crippen LogP contribution in [0.5, 0.6) is 0 Å². The smallest absolute Gasteiger partial charge is 0.306 e. The van der Waals surface area contributed by atoms with Crippen LogP contribution in [0.3, 0.4) is 0 Å². The van der Waals surface area contributed by atoms with Gasteiger partial charge in [-0.1, -0.05) is 37.3 Å². The van der Waals surface area contributed by atoms with E-state index in [1.807, 2.05) is 37.3 Å². The van der Waals surface area contributed by atoms with Crippen molar-refractivity contribution in [2.45, 2.75) is 57.7 Å². The standard InChI is InChI=1S/C20H26O5/c1-2-8-18(24)25-20-17(23)13-16(22)19(20)15(21)12-7-6-11-14-9-4-3-5-10-14/h3-5,9-10,12,16,19-22H,2,6-8,11,13H2,1H3/b15-12-. The Morgan fingerprint density at radius 3 is 2.72 bits per heavy atom. The highest BCUT2D eigenvalue weighted by molar-refractivity contribution is 5.89. The largest absolute Gasteiger partial charge is 0.512 e. The van der Waals surface area contributed by atoms with E-state index in [2.05, 4.69) is 0 Å². The molecule has 25 heavy (non-hydrogen) atoms. The molecule has 0 spiro atoms. The Morgan fingerprint density at radius 1 is 1.32 bits per heavy atom. The molecule has 0 aromatic heterocycles. The molecule has 5 nitrogen and oxygen atoms in total. The summed E-state index contributed by atoms with van der Waals surface area (Å²) in [6, 6.07) is 10.0. The van der Waals surface area contributed by atoms with Gasteiger partial charge in [0.15, 0.2) is 11.9 Å². The third-order valence-electron chi connectivity index (χ3n) is 4.39. The van der Waals surface area contributed by atoms with E-state index in [0.29, 0.717) is 12.8 Å². The van der Waals surface area contributed by atoms with Crippen LogP contribution in [0.15, 0.2) is 42.2 Å². The Balaban J connectivity index is 1.93. The second-order valence-corrected chi connectivity index (χ2v) is 6.43. The fraction of sp³-hybridized carbons (Fsp3) is 0.500. The maximum absolute atomic E-state index is 12.0. The summed E-state index contributed by atoms with van der Waals surface area (Å²) in [6.45, 7) is 1.84. The van der Waals surface area contributed by atoms with E-state index in [1.54, 1.807) is 6.08 Å². The topological polar surface area (TPSA) is 83.8 Å². The highest BCUT2D eigenvalue weighted by Crippen LogP contribution is 2.31. The first kappa shape index (κ1) is 19.2. The van der Waals surface area contributed by atoms with Crippen LogP contribution in [0.25, 0.3) is 0 Å². The lowest BCUT2D eigenvalue weighted by Gasteiger charge is -2.20. The second kappa shape index (κ2) is 9.37. The molecular weight excluding hydrogens is 320 g/mol. The highest BCUT2D eigenvalue weighted by atomic mass is 16.5. The van der Waals surface area contributed by atoms with E-state index in [1.165, 1.54) is 5.56 Å². The minimum atomic E-state index is -1.08. The molecule has 0 amide bonds. The predicted octanol–water partition coefficient (Wildman–Crippen LogP) is 3.11. The van der Waals surface area contributed by atoms with Gasteiger partial charge < -0.3 is 14.9 Å². The molecule has 1 aliphatic rings. The molecule has 1 aliphatic carbocycles. The number of aliphatic hydroxyl groups is 2. The number of carbonyl (C=O) groups excluding carboxylic acids is 2. The minimum Gasteiger partial charge on any atom is -0.512 e. The fourth-order valence-corrected chi connectivity index (χ4v) is 3.08. The van der Waals surface area contributed by atoms with Gasteiger partial charge in [0.1, 0.15) is 0 Å². The number of allylic oxidation sites excluding steroid dienone is 1. The number of aliphatic hydroxyl groups excluding tert-OH is 2. The monoisotopic (exact) mass is 346 g/mol. The fourth-order valence-electron chi connectivity index (χ4n) is 3.08. The van der Waals surface area contributed by atoms with Crippen LogP contribution >= 0.6 is 0 Å². The number of hydrogen-bond acceptors (Lipinski definition) is 5. The molecule has 1 aromatic rings. The zero-order valence-corrected chi connectivity index (χ0v) is 14.6. The average Bonchev–Trinajstić information content (AvgIpc) is 2.86. The van der Waals surface area contributed by atoms with E-state index >= 15 is 0 Å². The van der Waals surface area contributed by atoms with Gasteiger partial charge in [0, 0.05) is 12.8 Å². The van der Waals surface area contributed by atoms with Gasteiger partial charge in [-0.15, -0.1) is 0 Å². The molecule has 1 fully saturated rings. The van der Waals surface area contributed by atoms with Crippen molar-refractivity contribution >= 4 is 11.8 Å². The van der Waals surface area contributed by atoms with Crippen molar-refractivity contribution in [3.8, 4) is 0 Å². The molecule has 3 unspecified atom stereocenters. The predicted molar refractivity (Wildman–Crippen MR) is 94.0 cm³/mol. The molecule has 0 bridgehead atoms. The zero-order valence-electron chi connectivity index (χ0n) is 14.6. The molecule has 2 N–H and O–H groups in total. The maximum atomic E-state index is 12.0. The quantitative estimate of drug-likeness (QED) is 0.429. The Bertz CT molecular complexity index is 608. The molecular formula is C20H26O5. The van der Waals surface area contributed by atoms with Gasteiger partial charge in [0.2, 0.25) is 0 Å². The van der Waals surface area contributed by atoms with Crippen LogP contribution in [0, 0.1) is 5.92 Å². The summed E-state index contributed by atoms with van der Waals surface area (Å²) in [7, 11) is 0. The molecule has 1 aromatic carbocycles. The van der Waals surface area contributed by atoms with Gasteiger partial charge in [0.05, 0.1) is 17.8 Å². The summed E-state index contributed by atoms with van der Waals surface area (Å²) in [5.41, 5.74) is 1.22. The van der Waals surface area contributed by atoms with Crippen LogP contribution in [-0.4, -0.2) is 34.2 Å². The zero-order chi connectivity index (χ0) is 18.2. The van der Waals surface area contributed by atoms with E-state index in [-0.39, 0.29) is 24.4 Å². The van der Waals surface area contributed by atoms with Crippen molar-refractivity contribution in [3.63, 3.8) is 0 Å². The van der Waals surface area contributed by atoms with Crippen molar-refractivity contribution in [3.05, 3.63) is 47.7 Å². The van der Waals surface area contributed by atoms with Gasteiger partial charge in [-0.25, -0.2) is 0 Å². The van der Waals surface area contributed by atoms with Gasteiger partial charge in [-0.3, -0.25) is 9.59 Å². The van der Waals surface area contributed by atoms with E-state index in [4.69, 9.17) is 4.74 Å². The Labute approximate surface area is 148 Å². The number of ether oxygens (including phenoxy) is 1. The maximum Gasteiger partial charge on any atom is 0.306 e. The number of rotatable bonds is 8. The highest BCUT2D eigenvalue weighted by Gasteiger charge is 2.46. The van der Waals surface area contributed by atoms with Crippen molar-refractivity contribution in [2.24, 2.45) is 5.92 Å². The van der Waals surface area contributed by atoms with Crippen molar-refractivity contribution in [1.29, 1.82) is 0 Å². The van der Waals surface area contributed by atoms with Crippen LogP contribution in [-0.2, 0) is 20.7 Å². The average molecular weight is 346 g/mol. The van der Waals surface area contributed by atoms with Gasteiger partial charge in [0.25, 0.3) is 0 Å². The summed E-state index contributed by atoms with van der Waals surface area (Å²) in [5, 5.41) is 20.4. The number of hydrogen-bond donors (Lipinski definition) is 2. The molecule has 136 valence electrons. The lowest BCUT2D eigenvalue weighted by atomic mass is 9.99. The molecule has 0 aliphatic heterocycles. The number of unbranched alkanes of at least 4 members (excludes halogenated alkanes) is 1. The molecule has 0 heterocycles. The number of Topliss-reactive ketones (excluding diaryl/α,β-unsaturated/α-hetero) is 1. The molecule has 0 saturated heterocycles. The van der Waals surface area contributed by atoms with Crippen LogP contribution in [0.1, 0.15) is 44.6 Å². The molecule has 5 heteroatoms. The normalized spacial score (nSPS) is 23.7. The SMILES string of the molecule is CCCC(=O)OC1C(=O)CC(O)C1/C(O)=C/CCCc1ccccc1.